The summed E-state index contributed by atoms with van der Waals surface area (Å²) in [6, 6.07) is 8.91. The minimum absolute atomic E-state index is 0.198. The second-order valence-corrected chi connectivity index (χ2v) is 17.4. The van der Waals surface area contributed by atoms with Gasteiger partial charge < -0.3 is 9.88 Å². The Bertz CT molecular complexity index is 1940. The minimum Gasteiger partial charge on any atom is -0.367 e. The largest absolute Gasteiger partial charge is 0.393 e. The first kappa shape index (κ1) is 34.7. The molecule has 9 nitrogen and oxygen atoms in total. The molecule has 0 spiro atoms. The number of aryl methyl sites for hydroxylation is 2. The van der Waals surface area contributed by atoms with E-state index in [9.17, 15) is 21.6 Å². The molecule has 14 heteroatoms. The van der Waals surface area contributed by atoms with Crippen LogP contribution in [-0.4, -0.2) is 101 Å². The lowest BCUT2D eigenvalue weighted by molar-refractivity contribution is -0.126. The number of benzene rings is 1. The summed E-state index contributed by atoms with van der Waals surface area (Å²) in [6.45, 7) is 12.7. The number of rotatable bonds is 10. The van der Waals surface area contributed by atoms with Crippen molar-refractivity contribution < 1.29 is 21.6 Å². The van der Waals surface area contributed by atoms with Crippen molar-refractivity contribution >= 4 is 48.3 Å². The van der Waals surface area contributed by atoms with E-state index in [1.54, 1.807) is 10.4 Å². The predicted octanol–water partition coefficient (Wildman–Crippen LogP) is 6.29. The molecule has 1 N–H and O–H groups in total. The topological polar surface area (TPSA) is 86.6 Å². The Morgan fingerprint density at radius 1 is 0.980 bits per heavy atom. The summed E-state index contributed by atoms with van der Waals surface area (Å²) < 4.78 is 67.3. The van der Waals surface area contributed by atoms with Crippen LogP contribution in [0.5, 0.6) is 0 Å². The van der Waals surface area contributed by atoms with Gasteiger partial charge in [0.2, 0.25) is 10.0 Å². The van der Waals surface area contributed by atoms with E-state index in [4.69, 9.17) is 4.98 Å². The van der Waals surface area contributed by atoms with Gasteiger partial charge in [-0.1, -0.05) is 6.07 Å². The zero-order valence-electron chi connectivity index (χ0n) is 28.7. The van der Waals surface area contributed by atoms with E-state index in [0.717, 1.165) is 82.1 Å². The number of halogens is 3. The Morgan fingerprint density at radius 2 is 1.69 bits per heavy atom. The van der Waals surface area contributed by atoms with Gasteiger partial charge in [-0.25, -0.2) is 18.4 Å². The number of piperazine rings is 1. The molecule has 1 aromatic carbocycles. The van der Waals surface area contributed by atoms with Crippen molar-refractivity contribution in [3.63, 3.8) is 0 Å². The van der Waals surface area contributed by atoms with Crippen molar-refractivity contribution in [2.45, 2.75) is 90.1 Å². The van der Waals surface area contributed by atoms with Gasteiger partial charge in [-0.3, -0.25) is 9.80 Å². The Morgan fingerprint density at radius 3 is 2.35 bits per heavy atom. The van der Waals surface area contributed by atoms with Gasteiger partial charge in [0.25, 0.3) is 0 Å². The van der Waals surface area contributed by atoms with E-state index in [2.05, 4.69) is 63.6 Å². The van der Waals surface area contributed by atoms with E-state index < -0.39 is 22.6 Å². The minimum atomic E-state index is -4.25. The van der Waals surface area contributed by atoms with Crippen LogP contribution in [0.25, 0.3) is 21.1 Å². The summed E-state index contributed by atoms with van der Waals surface area (Å²) in [5, 5.41) is 5.59. The number of anilines is 1. The number of fused-ring (bicyclic) bond motifs is 2. The number of likely N-dealkylation sites (tertiary alicyclic amines) is 1. The molecule has 0 unspecified atom stereocenters. The highest BCUT2D eigenvalue weighted by atomic mass is 32.2. The number of aromatic nitrogens is 3. The maximum absolute atomic E-state index is 13.2. The van der Waals surface area contributed by atoms with E-state index in [0.29, 0.717) is 35.0 Å². The fourth-order valence-electron chi connectivity index (χ4n) is 7.50. The average Bonchev–Trinajstić information content (AvgIpc) is 3.74. The van der Waals surface area contributed by atoms with Gasteiger partial charge in [0.1, 0.15) is 16.5 Å². The van der Waals surface area contributed by atoms with Crippen molar-refractivity contribution in [1.82, 2.24) is 28.6 Å². The summed E-state index contributed by atoms with van der Waals surface area (Å²) in [5.41, 5.74) is 5.08. The number of piperidine rings is 1. The Hall–Kier alpha value is -2.78. The normalized spacial score (nSPS) is 20.1. The number of nitrogens with one attached hydrogen (secondary N) is 1. The van der Waals surface area contributed by atoms with E-state index in [1.165, 1.54) is 34.0 Å². The number of sulfonamides is 1. The highest BCUT2D eigenvalue weighted by Crippen LogP contribution is 2.41. The summed E-state index contributed by atoms with van der Waals surface area (Å²) in [7, 11) is -3.15. The number of thiophene rings is 1. The number of hydrogen-bond donors (Lipinski definition) is 1. The molecule has 3 fully saturated rings. The smallest absolute Gasteiger partial charge is 0.367 e. The SMILES string of the molecule is Cc1c(CN2CCC(Nc3nc(C4CC4)nc4sc(CC(F)(F)F)cc34)CC2)ccc2c1cc(C)n2C[C@H](C)N1CCN(S(C)(=O)=O)CC1. The van der Waals surface area contributed by atoms with Gasteiger partial charge in [-0.2, -0.15) is 17.5 Å². The van der Waals surface area contributed by atoms with Crippen LogP contribution in [0.3, 0.4) is 0 Å². The quantitative estimate of drug-likeness (QED) is 0.207. The predicted molar refractivity (Wildman–Crippen MR) is 190 cm³/mol. The molecule has 0 amide bonds. The molecule has 4 aromatic rings. The molecule has 0 radical (unpaired) electrons. The van der Waals surface area contributed by atoms with E-state index in [1.807, 2.05) is 0 Å². The molecule has 2 aliphatic heterocycles. The third-order valence-corrected chi connectivity index (χ3v) is 12.9. The Labute approximate surface area is 290 Å². The van der Waals surface area contributed by atoms with Crippen molar-refractivity contribution in [3.05, 3.63) is 51.8 Å². The van der Waals surface area contributed by atoms with Crippen LogP contribution in [0.15, 0.2) is 24.3 Å². The molecule has 49 heavy (non-hydrogen) atoms. The number of hydrogen-bond acceptors (Lipinski definition) is 8. The highest BCUT2D eigenvalue weighted by molar-refractivity contribution is 7.88. The number of alkyl halides is 3. The number of nitrogens with zero attached hydrogens (tertiary/aromatic N) is 6. The second kappa shape index (κ2) is 13.4. The standard InChI is InChI=1S/C35H46F3N7O2S2/c1-22-17-29-24(3)26(7-8-31(29)45(22)20-23(2)43-13-15-44(16-14-43)49(4,46)47)21-42-11-9-27(10-12-42)39-33-30-18-28(19-35(36,37)38)48-34(30)41-32(40-33)25-5-6-25/h7-8,17-18,23,25,27H,5-6,9-16,19-21H2,1-4H3,(H,39,40,41)/t23-/m0/s1. The monoisotopic (exact) mass is 717 g/mol. The second-order valence-electron chi connectivity index (χ2n) is 14.3. The molecule has 7 rings (SSSR count). The van der Waals surface area contributed by atoms with Crippen molar-refractivity contribution in [2.75, 3.05) is 50.8 Å². The van der Waals surface area contributed by atoms with Crippen LogP contribution in [0.4, 0.5) is 19.0 Å². The molecule has 3 aromatic heterocycles. The van der Waals surface area contributed by atoms with Gasteiger partial charge in [0, 0.05) is 91.8 Å². The summed E-state index contributed by atoms with van der Waals surface area (Å²) in [5.74, 6) is 1.75. The molecule has 3 aliphatic rings. The zero-order chi connectivity index (χ0) is 34.7. The lowest BCUT2D eigenvalue weighted by Gasteiger charge is -2.37. The van der Waals surface area contributed by atoms with Crippen LogP contribution in [0, 0.1) is 13.8 Å². The van der Waals surface area contributed by atoms with Crippen molar-refractivity contribution in [3.8, 4) is 0 Å². The van der Waals surface area contributed by atoms with Crippen LogP contribution < -0.4 is 5.32 Å². The van der Waals surface area contributed by atoms with Gasteiger partial charge in [0.05, 0.1) is 18.1 Å². The molecule has 266 valence electrons. The maximum atomic E-state index is 13.2. The molecule has 0 bridgehead atoms. The Balaban J connectivity index is 0.985. The average molecular weight is 718 g/mol. The van der Waals surface area contributed by atoms with E-state index >= 15 is 0 Å². The van der Waals surface area contributed by atoms with Crippen LogP contribution in [0.1, 0.15) is 66.0 Å². The van der Waals surface area contributed by atoms with Gasteiger partial charge in [-0.05, 0) is 75.8 Å². The molecule has 1 atom stereocenters. The molecule has 5 heterocycles. The lowest BCUT2D eigenvalue weighted by atomic mass is 10.0. The van der Waals surface area contributed by atoms with Crippen molar-refractivity contribution in [2.24, 2.45) is 0 Å². The van der Waals surface area contributed by atoms with Crippen LogP contribution >= 0.6 is 11.3 Å². The third kappa shape index (κ3) is 7.78. The molecular weight excluding hydrogens is 672 g/mol. The highest BCUT2D eigenvalue weighted by Gasteiger charge is 2.32. The van der Waals surface area contributed by atoms with Crippen LogP contribution in [-0.2, 0) is 29.5 Å². The van der Waals surface area contributed by atoms with Gasteiger partial charge >= 0.3 is 6.18 Å². The zero-order valence-corrected chi connectivity index (χ0v) is 30.3. The Kier molecular flexibility index (Phi) is 9.48. The molecule has 1 aliphatic carbocycles. The fraction of sp³-hybridized carbons (Fsp3) is 0.600. The first-order chi connectivity index (χ1) is 23.2. The van der Waals surface area contributed by atoms with Gasteiger partial charge in [-0.15, -0.1) is 11.3 Å². The van der Waals surface area contributed by atoms with E-state index in [-0.39, 0.29) is 17.0 Å². The van der Waals surface area contributed by atoms with Crippen molar-refractivity contribution in [1.29, 1.82) is 0 Å². The van der Waals surface area contributed by atoms with Crippen LogP contribution in [0.2, 0.25) is 0 Å². The maximum Gasteiger partial charge on any atom is 0.393 e. The third-order valence-electron chi connectivity index (χ3n) is 10.6. The summed E-state index contributed by atoms with van der Waals surface area (Å²) in [6.07, 6.45) is 0.0175. The van der Waals surface area contributed by atoms with Gasteiger partial charge in [0.15, 0.2) is 0 Å². The first-order valence-corrected chi connectivity index (χ1v) is 20.0. The molecule has 2 saturated heterocycles. The molecular formula is C35H46F3N7O2S2. The summed E-state index contributed by atoms with van der Waals surface area (Å²) >= 11 is 1.13. The summed E-state index contributed by atoms with van der Waals surface area (Å²) in [4.78, 5) is 15.3. The first-order valence-electron chi connectivity index (χ1n) is 17.4. The lowest BCUT2D eigenvalue weighted by Crippen LogP contribution is -2.51. The fourth-order valence-corrected chi connectivity index (χ4v) is 9.39. The molecule has 1 saturated carbocycles.